The number of halogens is 2. The highest BCUT2D eigenvalue weighted by Crippen LogP contribution is 2.21. The first-order valence-electron chi connectivity index (χ1n) is 3.32. The Kier molecular flexibility index (Phi) is 2.65. The molecule has 2 nitrogen and oxygen atoms in total. The Morgan fingerprint density at radius 1 is 1.58 bits per heavy atom. The SMILES string of the molecule is Nc1cc(Cl)cc(F)c1CC=O. The smallest absolute Gasteiger partial charge is 0.130 e. The maximum Gasteiger partial charge on any atom is 0.130 e. The van der Waals surface area contributed by atoms with Gasteiger partial charge in [-0.15, -0.1) is 0 Å². The molecule has 0 saturated heterocycles. The Morgan fingerprint density at radius 2 is 2.25 bits per heavy atom. The van der Waals surface area contributed by atoms with E-state index in [4.69, 9.17) is 17.3 Å². The lowest BCUT2D eigenvalue weighted by molar-refractivity contribution is -0.107. The normalized spacial score (nSPS) is 9.83. The molecule has 0 bridgehead atoms. The van der Waals surface area contributed by atoms with Crippen molar-refractivity contribution in [2.45, 2.75) is 6.42 Å². The molecule has 1 aromatic carbocycles. The molecule has 0 heterocycles. The van der Waals surface area contributed by atoms with Crippen LogP contribution in [0.3, 0.4) is 0 Å². The fourth-order valence-electron chi connectivity index (χ4n) is 0.922. The second-order valence-electron chi connectivity index (χ2n) is 2.33. The Labute approximate surface area is 74.1 Å². The monoisotopic (exact) mass is 187 g/mol. The van der Waals surface area contributed by atoms with Crippen LogP contribution >= 0.6 is 11.6 Å². The lowest BCUT2D eigenvalue weighted by Gasteiger charge is -2.03. The number of aldehydes is 1. The first kappa shape index (κ1) is 9.00. The molecule has 1 rings (SSSR count). The van der Waals surface area contributed by atoms with E-state index in [0.29, 0.717) is 6.29 Å². The van der Waals surface area contributed by atoms with Gasteiger partial charge in [0.05, 0.1) is 0 Å². The zero-order valence-corrected chi connectivity index (χ0v) is 6.94. The lowest BCUT2D eigenvalue weighted by Crippen LogP contribution is -1.98. The van der Waals surface area contributed by atoms with E-state index in [2.05, 4.69) is 0 Å². The van der Waals surface area contributed by atoms with Gasteiger partial charge in [-0.1, -0.05) is 11.6 Å². The number of carbonyl (C=O) groups excluding carboxylic acids is 1. The summed E-state index contributed by atoms with van der Waals surface area (Å²) >= 11 is 5.51. The molecule has 0 unspecified atom stereocenters. The minimum absolute atomic E-state index is 0.0190. The van der Waals surface area contributed by atoms with Crippen molar-refractivity contribution in [2.24, 2.45) is 0 Å². The van der Waals surface area contributed by atoms with E-state index in [0.717, 1.165) is 6.07 Å². The molecule has 2 N–H and O–H groups in total. The number of hydrogen-bond donors (Lipinski definition) is 1. The van der Waals surface area contributed by atoms with Gasteiger partial charge >= 0.3 is 0 Å². The molecule has 0 spiro atoms. The van der Waals surface area contributed by atoms with E-state index in [1.807, 2.05) is 0 Å². The summed E-state index contributed by atoms with van der Waals surface area (Å²) in [5.41, 5.74) is 5.84. The third kappa shape index (κ3) is 1.74. The number of anilines is 1. The molecule has 12 heavy (non-hydrogen) atoms. The highest BCUT2D eigenvalue weighted by molar-refractivity contribution is 6.30. The van der Waals surface area contributed by atoms with Crippen LogP contribution < -0.4 is 5.73 Å². The molecular formula is C8H7ClFNO. The van der Waals surface area contributed by atoms with Crippen LogP contribution in [0, 0.1) is 5.82 Å². The second kappa shape index (κ2) is 3.54. The van der Waals surface area contributed by atoms with Crippen LogP contribution in [0.4, 0.5) is 10.1 Å². The van der Waals surface area contributed by atoms with Crippen molar-refractivity contribution in [3.05, 3.63) is 28.5 Å². The van der Waals surface area contributed by atoms with Crippen molar-refractivity contribution in [3.8, 4) is 0 Å². The summed E-state index contributed by atoms with van der Waals surface area (Å²) in [7, 11) is 0. The molecule has 1 aromatic rings. The first-order chi connectivity index (χ1) is 5.65. The molecule has 0 radical (unpaired) electrons. The van der Waals surface area contributed by atoms with Crippen molar-refractivity contribution in [1.29, 1.82) is 0 Å². The Morgan fingerprint density at radius 3 is 2.75 bits per heavy atom. The van der Waals surface area contributed by atoms with Gasteiger partial charge in [-0.25, -0.2) is 4.39 Å². The van der Waals surface area contributed by atoms with Crippen LogP contribution in [0.25, 0.3) is 0 Å². The molecule has 0 aliphatic rings. The average molecular weight is 188 g/mol. The van der Waals surface area contributed by atoms with Gasteiger partial charge < -0.3 is 10.5 Å². The topological polar surface area (TPSA) is 43.1 Å². The number of nitrogen functional groups attached to an aromatic ring is 1. The predicted molar refractivity (Wildman–Crippen MR) is 45.6 cm³/mol. The van der Waals surface area contributed by atoms with E-state index in [-0.39, 0.29) is 22.7 Å². The highest BCUT2D eigenvalue weighted by Gasteiger charge is 2.06. The van der Waals surface area contributed by atoms with Gasteiger partial charge in [0, 0.05) is 22.7 Å². The zero-order chi connectivity index (χ0) is 9.14. The lowest BCUT2D eigenvalue weighted by atomic mass is 10.1. The minimum Gasteiger partial charge on any atom is -0.398 e. The summed E-state index contributed by atoms with van der Waals surface area (Å²) in [5, 5.41) is 0.236. The highest BCUT2D eigenvalue weighted by atomic mass is 35.5. The molecule has 64 valence electrons. The van der Waals surface area contributed by atoms with Crippen LogP contribution in [0.2, 0.25) is 5.02 Å². The third-order valence-electron chi connectivity index (χ3n) is 1.48. The number of benzene rings is 1. The van der Waals surface area contributed by atoms with Crippen molar-refractivity contribution < 1.29 is 9.18 Å². The molecular weight excluding hydrogens is 181 g/mol. The first-order valence-corrected chi connectivity index (χ1v) is 3.70. The van der Waals surface area contributed by atoms with Crippen molar-refractivity contribution in [2.75, 3.05) is 5.73 Å². The maximum absolute atomic E-state index is 13.0. The van der Waals surface area contributed by atoms with Crippen LogP contribution in [-0.2, 0) is 11.2 Å². The standard InChI is InChI=1S/C8H7ClFNO/c9-5-3-7(10)6(1-2-12)8(11)4-5/h2-4H,1,11H2. The van der Waals surface area contributed by atoms with Crippen molar-refractivity contribution in [3.63, 3.8) is 0 Å². The van der Waals surface area contributed by atoms with E-state index in [1.54, 1.807) is 0 Å². The van der Waals surface area contributed by atoms with Gasteiger partial charge in [-0.2, -0.15) is 0 Å². The number of carbonyl (C=O) groups is 1. The fraction of sp³-hybridized carbons (Fsp3) is 0.125. The van der Waals surface area contributed by atoms with Gasteiger partial charge in [-0.05, 0) is 12.1 Å². The summed E-state index contributed by atoms with van der Waals surface area (Å²) in [6, 6.07) is 2.56. The van der Waals surface area contributed by atoms with E-state index >= 15 is 0 Å². The molecule has 0 aliphatic carbocycles. The summed E-state index contributed by atoms with van der Waals surface area (Å²) < 4.78 is 13.0. The number of nitrogens with two attached hydrogens (primary N) is 1. The zero-order valence-electron chi connectivity index (χ0n) is 6.18. The largest absolute Gasteiger partial charge is 0.398 e. The molecule has 0 saturated carbocycles. The number of hydrogen-bond acceptors (Lipinski definition) is 2. The Balaban J connectivity index is 3.18. The second-order valence-corrected chi connectivity index (χ2v) is 2.76. The van der Waals surface area contributed by atoms with Crippen LogP contribution in [0.15, 0.2) is 12.1 Å². The molecule has 4 heteroatoms. The van der Waals surface area contributed by atoms with E-state index in [9.17, 15) is 9.18 Å². The number of rotatable bonds is 2. The predicted octanol–water partition coefficient (Wildman–Crippen LogP) is 1.80. The van der Waals surface area contributed by atoms with Crippen LogP contribution in [0.5, 0.6) is 0 Å². The van der Waals surface area contributed by atoms with Crippen molar-refractivity contribution >= 4 is 23.6 Å². The van der Waals surface area contributed by atoms with Gasteiger partial charge in [0.15, 0.2) is 0 Å². The molecule has 0 fully saturated rings. The molecule has 0 atom stereocenters. The maximum atomic E-state index is 13.0. The van der Waals surface area contributed by atoms with Gasteiger partial charge in [0.2, 0.25) is 0 Å². The molecule has 0 aliphatic heterocycles. The van der Waals surface area contributed by atoms with Crippen LogP contribution in [0.1, 0.15) is 5.56 Å². The third-order valence-corrected chi connectivity index (χ3v) is 1.70. The van der Waals surface area contributed by atoms with Gasteiger partial charge in [0.25, 0.3) is 0 Å². The summed E-state index contributed by atoms with van der Waals surface area (Å²) in [6.45, 7) is 0. The fourth-order valence-corrected chi connectivity index (χ4v) is 1.14. The summed E-state index contributed by atoms with van der Waals surface area (Å²) in [5.74, 6) is -0.535. The van der Waals surface area contributed by atoms with Gasteiger partial charge in [0.1, 0.15) is 12.1 Å². The quantitative estimate of drug-likeness (QED) is 0.567. The van der Waals surface area contributed by atoms with E-state index in [1.165, 1.54) is 6.07 Å². The van der Waals surface area contributed by atoms with Crippen LogP contribution in [-0.4, -0.2) is 6.29 Å². The Bertz CT molecular complexity index is 291. The average Bonchev–Trinajstić information content (AvgIpc) is 1.96. The van der Waals surface area contributed by atoms with Crippen molar-refractivity contribution in [1.82, 2.24) is 0 Å². The summed E-state index contributed by atoms with van der Waals surface area (Å²) in [6.07, 6.45) is 0.581. The van der Waals surface area contributed by atoms with E-state index < -0.39 is 5.82 Å². The molecule has 0 aromatic heterocycles. The van der Waals surface area contributed by atoms with Gasteiger partial charge in [-0.3, -0.25) is 0 Å². The molecule has 0 amide bonds. The summed E-state index contributed by atoms with van der Waals surface area (Å²) in [4.78, 5) is 10.1. The minimum atomic E-state index is -0.535. The Hall–Kier alpha value is -1.09.